The smallest absolute Gasteiger partial charge is 0.370 e. The lowest BCUT2D eigenvalue weighted by molar-refractivity contribution is -0.135. The SMILES string of the molecule is CSCC=C(O)C(=O)O. The van der Waals surface area contributed by atoms with E-state index in [1.807, 2.05) is 6.26 Å². The van der Waals surface area contributed by atoms with Gasteiger partial charge in [0.25, 0.3) is 0 Å². The first-order valence-corrected chi connectivity index (χ1v) is 3.69. The molecule has 0 atom stereocenters. The first-order chi connectivity index (χ1) is 4.18. The molecule has 0 unspecified atom stereocenters. The number of aliphatic hydroxyl groups excluding tert-OH is 1. The van der Waals surface area contributed by atoms with Crippen LogP contribution >= 0.6 is 11.8 Å². The minimum absolute atomic E-state index is 0.526. The maximum Gasteiger partial charge on any atom is 0.370 e. The van der Waals surface area contributed by atoms with Crippen molar-refractivity contribution in [2.45, 2.75) is 0 Å². The van der Waals surface area contributed by atoms with E-state index >= 15 is 0 Å². The zero-order chi connectivity index (χ0) is 7.28. The molecule has 0 rings (SSSR count). The molecule has 0 aliphatic heterocycles. The van der Waals surface area contributed by atoms with Crippen molar-refractivity contribution in [2.75, 3.05) is 12.0 Å². The van der Waals surface area contributed by atoms with E-state index in [9.17, 15) is 4.79 Å². The van der Waals surface area contributed by atoms with Crippen molar-refractivity contribution in [1.82, 2.24) is 0 Å². The molecule has 0 aromatic carbocycles. The molecule has 0 aliphatic carbocycles. The van der Waals surface area contributed by atoms with Gasteiger partial charge < -0.3 is 10.2 Å². The highest BCUT2D eigenvalue weighted by atomic mass is 32.2. The van der Waals surface area contributed by atoms with Crippen LogP contribution in [-0.4, -0.2) is 28.2 Å². The monoisotopic (exact) mass is 148 g/mol. The summed E-state index contributed by atoms with van der Waals surface area (Å²) in [4.78, 5) is 9.88. The van der Waals surface area contributed by atoms with Gasteiger partial charge in [0.05, 0.1) is 0 Å². The van der Waals surface area contributed by atoms with Crippen molar-refractivity contribution < 1.29 is 15.0 Å². The average molecular weight is 148 g/mol. The summed E-state index contributed by atoms with van der Waals surface area (Å²) in [6.07, 6.45) is 3.08. The summed E-state index contributed by atoms with van der Waals surface area (Å²) in [6.45, 7) is 0. The largest absolute Gasteiger partial charge is 0.502 e. The summed E-state index contributed by atoms with van der Waals surface area (Å²) in [5.41, 5.74) is 0. The molecule has 9 heavy (non-hydrogen) atoms. The topological polar surface area (TPSA) is 57.5 Å². The van der Waals surface area contributed by atoms with Gasteiger partial charge in [0, 0.05) is 5.75 Å². The second-order valence-electron chi connectivity index (χ2n) is 1.35. The van der Waals surface area contributed by atoms with E-state index in [2.05, 4.69) is 0 Å². The highest BCUT2D eigenvalue weighted by Crippen LogP contribution is 1.95. The van der Waals surface area contributed by atoms with Crippen LogP contribution in [0.4, 0.5) is 0 Å². The normalized spacial score (nSPS) is 11.4. The first kappa shape index (κ1) is 8.36. The van der Waals surface area contributed by atoms with Crippen LogP contribution in [0.5, 0.6) is 0 Å². The first-order valence-electron chi connectivity index (χ1n) is 2.30. The second kappa shape index (κ2) is 4.26. The molecule has 0 saturated carbocycles. The molecule has 0 heterocycles. The summed E-state index contributed by atoms with van der Waals surface area (Å²) in [7, 11) is 0. The molecular weight excluding hydrogens is 140 g/mol. The summed E-state index contributed by atoms with van der Waals surface area (Å²) >= 11 is 1.45. The van der Waals surface area contributed by atoms with E-state index in [-0.39, 0.29) is 0 Å². The Morgan fingerprint density at radius 1 is 1.67 bits per heavy atom. The predicted octanol–water partition coefficient (Wildman–Crippen LogP) is 0.876. The summed E-state index contributed by atoms with van der Waals surface area (Å²) < 4.78 is 0. The highest BCUT2D eigenvalue weighted by Gasteiger charge is 2.00. The Bertz CT molecular complexity index is 130. The maximum atomic E-state index is 9.88. The molecule has 52 valence electrons. The fourth-order valence-electron chi connectivity index (χ4n) is 0.250. The fourth-order valence-corrected chi connectivity index (χ4v) is 0.574. The Hall–Kier alpha value is -0.640. The van der Waals surface area contributed by atoms with Gasteiger partial charge in [-0.2, -0.15) is 11.8 Å². The fraction of sp³-hybridized carbons (Fsp3) is 0.400. The maximum absolute atomic E-state index is 9.88. The summed E-state index contributed by atoms with van der Waals surface area (Å²) in [6, 6.07) is 0. The minimum atomic E-state index is -1.27. The van der Waals surface area contributed by atoms with Crippen molar-refractivity contribution in [1.29, 1.82) is 0 Å². The Kier molecular flexibility index (Phi) is 3.96. The average Bonchev–Trinajstić information content (AvgIpc) is 1.82. The van der Waals surface area contributed by atoms with Crippen molar-refractivity contribution in [3.8, 4) is 0 Å². The van der Waals surface area contributed by atoms with Crippen molar-refractivity contribution in [3.63, 3.8) is 0 Å². The van der Waals surface area contributed by atoms with Crippen molar-refractivity contribution in [3.05, 3.63) is 11.8 Å². The number of thioether (sulfide) groups is 1. The van der Waals surface area contributed by atoms with Crippen molar-refractivity contribution in [2.24, 2.45) is 0 Å². The Labute approximate surface area is 57.4 Å². The summed E-state index contributed by atoms with van der Waals surface area (Å²) in [5, 5.41) is 16.6. The molecular formula is C5H8O3S. The number of carboxylic acid groups (broad SMARTS) is 1. The molecule has 0 aliphatic rings. The zero-order valence-corrected chi connectivity index (χ0v) is 5.81. The molecule has 0 radical (unpaired) electrons. The molecule has 0 aromatic heterocycles. The lowest BCUT2D eigenvalue weighted by atomic mass is 10.5. The van der Waals surface area contributed by atoms with Gasteiger partial charge in [-0.05, 0) is 12.3 Å². The third kappa shape index (κ3) is 3.90. The highest BCUT2D eigenvalue weighted by molar-refractivity contribution is 7.98. The van der Waals surface area contributed by atoms with Gasteiger partial charge in [-0.3, -0.25) is 0 Å². The second-order valence-corrected chi connectivity index (χ2v) is 2.26. The Morgan fingerprint density at radius 2 is 2.22 bits per heavy atom. The molecule has 0 saturated heterocycles. The lowest BCUT2D eigenvalue weighted by Gasteiger charge is -1.88. The molecule has 4 heteroatoms. The number of carbonyl (C=O) groups is 1. The molecule has 0 bridgehead atoms. The number of aliphatic hydroxyl groups is 1. The zero-order valence-electron chi connectivity index (χ0n) is 5.00. The van der Waals surface area contributed by atoms with Crippen LogP contribution < -0.4 is 0 Å². The summed E-state index contributed by atoms with van der Waals surface area (Å²) in [5.74, 6) is -1.33. The molecule has 0 amide bonds. The van der Waals surface area contributed by atoms with Crippen molar-refractivity contribution >= 4 is 17.7 Å². The number of hydrogen-bond acceptors (Lipinski definition) is 3. The van der Waals surface area contributed by atoms with Crippen LogP contribution in [0.1, 0.15) is 0 Å². The van der Waals surface area contributed by atoms with E-state index in [1.165, 1.54) is 17.8 Å². The van der Waals surface area contributed by atoms with Gasteiger partial charge in [0.15, 0.2) is 5.76 Å². The molecule has 2 N–H and O–H groups in total. The van der Waals surface area contributed by atoms with Crippen LogP contribution in [0.3, 0.4) is 0 Å². The Balaban J connectivity index is 3.69. The van der Waals surface area contributed by atoms with E-state index in [0.717, 1.165) is 0 Å². The lowest BCUT2D eigenvalue weighted by Crippen LogP contribution is -1.98. The van der Waals surface area contributed by atoms with E-state index in [4.69, 9.17) is 10.2 Å². The van der Waals surface area contributed by atoms with Crippen LogP contribution in [0.15, 0.2) is 11.8 Å². The van der Waals surface area contributed by atoms with Gasteiger partial charge in [-0.15, -0.1) is 0 Å². The number of aliphatic carboxylic acids is 1. The van der Waals surface area contributed by atoms with Gasteiger partial charge in [-0.1, -0.05) is 0 Å². The standard InChI is InChI=1S/C5H8O3S/c1-9-3-2-4(6)5(7)8/h2,6H,3H2,1H3,(H,7,8). The predicted molar refractivity (Wildman–Crippen MR) is 36.7 cm³/mol. The molecule has 3 nitrogen and oxygen atoms in total. The van der Waals surface area contributed by atoms with E-state index in [0.29, 0.717) is 5.75 Å². The van der Waals surface area contributed by atoms with Crippen LogP contribution in [0.25, 0.3) is 0 Å². The quantitative estimate of drug-likeness (QED) is 0.460. The van der Waals surface area contributed by atoms with Gasteiger partial charge in [-0.25, -0.2) is 4.79 Å². The van der Waals surface area contributed by atoms with E-state index < -0.39 is 11.7 Å². The third-order valence-electron chi connectivity index (χ3n) is 0.662. The minimum Gasteiger partial charge on any atom is -0.502 e. The Morgan fingerprint density at radius 3 is 2.56 bits per heavy atom. The van der Waals surface area contributed by atoms with Crippen LogP contribution in [0, 0.1) is 0 Å². The van der Waals surface area contributed by atoms with Gasteiger partial charge >= 0.3 is 5.97 Å². The number of rotatable bonds is 3. The van der Waals surface area contributed by atoms with Crippen LogP contribution in [-0.2, 0) is 4.79 Å². The molecule has 0 spiro atoms. The van der Waals surface area contributed by atoms with Gasteiger partial charge in [0.2, 0.25) is 0 Å². The van der Waals surface area contributed by atoms with Gasteiger partial charge in [0.1, 0.15) is 0 Å². The molecule has 0 fully saturated rings. The number of carboxylic acids is 1. The number of hydrogen-bond donors (Lipinski definition) is 2. The third-order valence-corrected chi connectivity index (χ3v) is 1.16. The molecule has 0 aromatic rings. The van der Waals surface area contributed by atoms with Crippen LogP contribution in [0.2, 0.25) is 0 Å². The van der Waals surface area contributed by atoms with E-state index in [1.54, 1.807) is 0 Å².